The molecule has 3 rings (SSSR count). The van der Waals surface area contributed by atoms with Gasteiger partial charge in [0.25, 0.3) is 0 Å². The highest BCUT2D eigenvalue weighted by Gasteiger charge is 2.22. The lowest BCUT2D eigenvalue weighted by Gasteiger charge is -2.25. The second-order valence-corrected chi connectivity index (χ2v) is 9.72. The van der Waals surface area contributed by atoms with E-state index >= 15 is 0 Å². The molecular formula is C26H35N3O2. The van der Waals surface area contributed by atoms with Crippen LogP contribution in [0.15, 0.2) is 48.5 Å². The van der Waals surface area contributed by atoms with Crippen LogP contribution in [0.3, 0.4) is 0 Å². The van der Waals surface area contributed by atoms with Crippen LogP contribution < -0.4 is 15.5 Å². The number of anilines is 2. The van der Waals surface area contributed by atoms with Crippen LogP contribution in [0.25, 0.3) is 0 Å². The van der Waals surface area contributed by atoms with Crippen molar-refractivity contribution in [2.75, 3.05) is 23.3 Å². The molecule has 2 aromatic rings. The normalized spacial score (nSPS) is 15.4. The molecule has 1 unspecified atom stereocenters. The SMILES string of the molecule is CC(C)C(NCC(=O)Nc1ccc(N2CCCC2=O)cc1)c1ccc(C(C)(C)C)cc1. The number of nitrogens with one attached hydrogen (secondary N) is 2. The van der Waals surface area contributed by atoms with E-state index in [0.29, 0.717) is 12.3 Å². The van der Waals surface area contributed by atoms with E-state index in [1.807, 2.05) is 24.3 Å². The molecule has 0 bridgehead atoms. The molecule has 0 aliphatic carbocycles. The van der Waals surface area contributed by atoms with Gasteiger partial charge in [0.2, 0.25) is 11.8 Å². The lowest BCUT2D eigenvalue weighted by molar-refractivity contribution is -0.117. The summed E-state index contributed by atoms with van der Waals surface area (Å²) in [4.78, 5) is 26.2. The van der Waals surface area contributed by atoms with Gasteiger partial charge < -0.3 is 15.5 Å². The Bertz CT molecular complexity index is 896. The van der Waals surface area contributed by atoms with E-state index in [1.54, 1.807) is 4.90 Å². The number of hydrogen-bond acceptors (Lipinski definition) is 3. The minimum atomic E-state index is -0.0815. The number of nitrogens with zero attached hydrogens (tertiary/aromatic N) is 1. The molecule has 0 spiro atoms. The average molecular weight is 422 g/mol. The Morgan fingerprint density at radius 1 is 1.03 bits per heavy atom. The molecule has 31 heavy (non-hydrogen) atoms. The van der Waals surface area contributed by atoms with E-state index in [4.69, 9.17) is 0 Å². The van der Waals surface area contributed by atoms with Gasteiger partial charge in [0.1, 0.15) is 0 Å². The second-order valence-electron chi connectivity index (χ2n) is 9.72. The average Bonchev–Trinajstić information content (AvgIpc) is 3.14. The van der Waals surface area contributed by atoms with Crippen LogP contribution in [0.1, 0.15) is 64.6 Å². The van der Waals surface area contributed by atoms with Crippen LogP contribution in [-0.2, 0) is 15.0 Å². The van der Waals surface area contributed by atoms with Gasteiger partial charge in [0.05, 0.1) is 6.54 Å². The third-order valence-corrected chi connectivity index (χ3v) is 5.82. The topological polar surface area (TPSA) is 61.4 Å². The molecule has 1 atom stereocenters. The van der Waals surface area contributed by atoms with Gasteiger partial charge in [-0.15, -0.1) is 0 Å². The number of hydrogen-bond donors (Lipinski definition) is 2. The molecule has 1 fully saturated rings. The summed E-state index contributed by atoms with van der Waals surface area (Å²) in [6.45, 7) is 11.9. The standard InChI is InChI=1S/C26H35N3O2/c1-18(2)25(19-8-10-20(11-9-19)26(3,4)5)27-17-23(30)28-21-12-14-22(15-13-21)29-16-6-7-24(29)31/h8-15,18,25,27H,6-7,16-17H2,1-5H3,(H,28,30). The molecule has 5 heteroatoms. The number of amides is 2. The summed E-state index contributed by atoms with van der Waals surface area (Å²) in [5.41, 5.74) is 4.23. The minimum Gasteiger partial charge on any atom is -0.325 e. The van der Waals surface area contributed by atoms with Crippen LogP contribution in [0.2, 0.25) is 0 Å². The van der Waals surface area contributed by atoms with Crippen molar-refractivity contribution in [2.24, 2.45) is 5.92 Å². The van der Waals surface area contributed by atoms with Crippen molar-refractivity contribution in [1.82, 2.24) is 5.32 Å². The Kier molecular flexibility index (Phi) is 7.16. The highest BCUT2D eigenvalue weighted by molar-refractivity contribution is 5.96. The maximum absolute atomic E-state index is 12.5. The van der Waals surface area contributed by atoms with E-state index < -0.39 is 0 Å². The van der Waals surface area contributed by atoms with E-state index in [-0.39, 0.29) is 29.8 Å². The predicted molar refractivity (Wildman–Crippen MR) is 127 cm³/mol. The summed E-state index contributed by atoms with van der Waals surface area (Å²) in [6.07, 6.45) is 1.51. The van der Waals surface area contributed by atoms with Crippen molar-refractivity contribution in [3.63, 3.8) is 0 Å². The fraction of sp³-hybridized carbons (Fsp3) is 0.462. The van der Waals surface area contributed by atoms with Crippen molar-refractivity contribution < 1.29 is 9.59 Å². The lowest BCUT2D eigenvalue weighted by Crippen LogP contribution is -2.33. The van der Waals surface area contributed by atoms with Gasteiger partial charge in [-0.05, 0) is 53.1 Å². The van der Waals surface area contributed by atoms with E-state index in [0.717, 1.165) is 24.3 Å². The van der Waals surface area contributed by atoms with Crippen LogP contribution in [0, 0.1) is 5.92 Å². The van der Waals surface area contributed by atoms with Gasteiger partial charge >= 0.3 is 0 Å². The first-order valence-electron chi connectivity index (χ1n) is 11.2. The fourth-order valence-electron chi connectivity index (χ4n) is 3.98. The summed E-state index contributed by atoms with van der Waals surface area (Å²) in [5.74, 6) is 0.434. The number of rotatable bonds is 7. The highest BCUT2D eigenvalue weighted by Crippen LogP contribution is 2.27. The molecule has 0 saturated carbocycles. The van der Waals surface area contributed by atoms with Crippen LogP contribution >= 0.6 is 0 Å². The molecule has 2 aromatic carbocycles. The van der Waals surface area contributed by atoms with Gasteiger partial charge in [-0.3, -0.25) is 9.59 Å². The molecular weight excluding hydrogens is 386 g/mol. The molecule has 2 amide bonds. The number of benzene rings is 2. The van der Waals surface area contributed by atoms with Gasteiger partial charge in [-0.1, -0.05) is 58.9 Å². The third-order valence-electron chi connectivity index (χ3n) is 5.82. The zero-order chi connectivity index (χ0) is 22.6. The maximum Gasteiger partial charge on any atom is 0.238 e. The second kappa shape index (κ2) is 9.65. The Hall–Kier alpha value is -2.66. The molecule has 166 valence electrons. The lowest BCUT2D eigenvalue weighted by atomic mass is 9.85. The first kappa shape index (κ1) is 23.0. The summed E-state index contributed by atoms with van der Waals surface area (Å²) >= 11 is 0. The van der Waals surface area contributed by atoms with Gasteiger partial charge in [0, 0.05) is 30.4 Å². The monoisotopic (exact) mass is 421 g/mol. The van der Waals surface area contributed by atoms with Crippen molar-refractivity contribution in [2.45, 2.75) is 58.9 Å². The van der Waals surface area contributed by atoms with Crippen molar-refractivity contribution >= 4 is 23.2 Å². The van der Waals surface area contributed by atoms with Crippen molar-refractivity contribution in [3.05, 3.63) is 59.7 Å². The Labute approximate surface area is 186 Å². The summed E-state index contributed by atoms with van der Waals surface area (Å²) in [7, 11) is 0. The molecule has 1 aliphatic rings. The molecule has 2 N–H and O–H groups in total. The number of carbonyl (C=O) groups excluding carboxylic acids is 2. The quantitative estimate of drug-likeness (QED) is 0.659. The van der Waals surface area contributed by atoms with E-state index in [9.17, 15) is 9.59 Å². The molecule has 0 aromatic heterocycles. The smallest absolute Gasteiger partial charge is 0.238 e. The Balaban J connectivity index is 1.57. The Morgan fingerprint density at radius 3 is 2.19 bits per heavy atom. The summed E-state index contributed by atoms with van der Waals surface area (Å²) in [5, 5.41) is 6.35. The van der Waals surface area contributed by atoms with Crippen LogP contribution in [-0.4, -0.2) is 24.9 Å². The molecule has 0 radical (unpaired) electrons. The first-order chi connectivity index (χ1) is 14.6. The van der Waals surface area contributed by atoms with Crippen LogP contribution in [0.5, 0.6) is 0 Å². The minimum absolute atomic E-state index is 0.0815. The zero-order valence-electron chi connectivity index (χ0n) is 19.4. The third kappa shape index (κ3) is 5.95. The molecule has 1 saturated heterocycles. The number of carbonyl (C=O) groups is 2. The van der Waals surface area contributed by atoms with Crippen molar-refractivity contribution in [3.8, 4) is 0 Å². The predicted octanol–water partition coefficient (Wildman–Crippen LogP) is 5.04. The maximum atomic E-state index is 12.5. The molecule has 1 heterocycles. The molecule has 5 nitrogen and oxygen atoms in total. The first-order valence-corrected chi connectivity index (χ1v) is 11.2. The van der Waals surface area contributed by atoms with Gasteiger partial charge in [-0.25, -0.2) is 0 Å². The highest BCUT2D eigenvalue weighted by atomic mass is 16.2. The van der Waals surface area contributed by atoms with E-state index in [1.165, 1.54) is 11.1 Å². The largest absolute Gasteiger partial charge is 0.325 e. The van der Waals surface area contributed by atoms with Gasteiger partial charge in [-0.2, -0.15) is 0 Å². The Morgan fingerprint density at radius 2 is 1.68 bits per heavy atom. The fourth-order valence-corrected chi connectivity index (χ4v) is 3.98. The van der Waals surface area contributed by atoms with Crippen molar-refractivity contribution in [1.29, 1.82) is 0 Å². The van der Waals surface area contributed by atoms with Gasteiger partial charge in [0.15, 0.2) is 0 Å². The molecule has 1 aliphatic heterocycles. The van der Waals surface area contributed by atoms with E-state index in [2.05, 4.69) is 69.5 Å². The summed E-state index contributed by atoms with van der Waals surface area (Å²) < 4.78 is 0. The summed E-state index contributed by atoms with van der Waals surface area (Å²) in [6, 6.07) is 16.3. The zero-order valence-corrected chi connectivity index (χ0v) is 19.4. The van der Waals surface area contributed by atoms with Crippen LogP contribution in [0.4, 0.5) is 11.4 Å².